The zero-order chi connectivity index (χ0) is 16.5. The molecule has 0 atom stereocenters. The molecule has 6 heteroatoms. The van der Waals surface area contributed by atoms with Gasteiger partial charge in [-0.1, -0.05) is 0 Å². The molecule has 6 nitrogen and oxygen atoms in total. The Kier molecular flexibility index (Phi) is 8.19. The van der Waals surface area contributed by atoms with E-state index in [1.807, 2.05) is 0 Å². The lowest BCUT2D eigenvalue weighted by Gasteiger charge is -2.24. The van der Waals surface area contributed by atoms with Crippen LogP contribution in [0.25, 0.3) is 0 Å². The molecule has 0 spiro atoms. The molecule has 0 aromatic heterocycles. The molecule has 1 rings (SSSR count). The first-order valence-electron chi connectivity index (χ1n) is 6.93. The third-order valence-corrected chi connectivity index (χ3v) is 3.41. The van der Waals surface area contributed by atoms with Gasteiger partial charge in [0, 0.05) is 39.6 Å². The molecule has 0 fully saturated rings. The van der Waals surface area contributed by atoms with E-state index in [-0.39, 0.29) is 0 Å². The Morgan fingerprint density at radius 3 is 0.955 bits per heavy atom. The molecule has 0 saturated heterocycles. The second kappa shape index (κ2) is 9.63. The quantitative estimate of drug-likeness (QED) is 0.660. The van der Waals surface area contributed by atoms with E-state index in [0.29, 0.717) is 37.9 Å². The minimum atomic E-state index is 0.391. The highest BCUT2D eigenvalue weighted by molar-refractivity contribution is 5.59. The van der Waals surface area contributed by atoms with Crippen LogP contribution in [-0.2, 0) is 45.4 Å². The smallest absolute Gasteiger partial charge is 0.166 e. The third kappa shape index (κ3) is 3.89. The highest BCUT2D eigenvalue weighted by Crippen LogP contribution is 2.41. The molecule has 0 saturated carbocycles. The maximum Gasteiger partial charge on any atom is 0.166 e. The van der Waals surface area contributed by atoms with E-state index in [4.69, 9.17) is 28.4 Å². The number of methoxy groups -OCH3 is 6. The van der Waals surface area contributed by atoms with Gasteiger partial charge in [0.1, 0.15) is 0 Å². The zero-order valence-corrected chi connectivity index (χ0v) is 14.3. The minimum Gasteiger partial charge on any atom is -0.492 e. The van der Waals surface area contributed by atoms with Gasteiger partial charge in [-0.2, -0.15) is 0 Å². The Bertz CT molecular complexity index is 429. The molecule has 0 bridgehead atoms. The van der Waals surface area contributed by atoms with Crippen molar-refractivity contribution < 1.29 is 28.4 Å². The van der Waals surface area contributed by atoms with E-state index in [9.17, 15) is 0 Å². The van der Waals surface area contributed by atoms with Crippen LogP contribution in [-0.4, -0.2) is 42.7 Å². The number of ether oxygens (including phenoxy) is 6. The van der Waals surface area contributed by atoms with E-state index in [1.165, 1.54) is 0 Å². The van der Waals surface area contributed by atoms with Gasteiger partial charge in [0.2, 0.25) is 0 Å². The monoisotopic (exact) mass is 314 g/mol. The molecule has 0 aliphatic rings. The van der Waals surface area contributed by atoms with Crippen molar-refractivity contribution in [2.75, 3.05) is 42.7 Å². The van der Waals surface area contributed by atoms with Gasteiger partial charge < -0.3 is 28.4 Å². The van der Waals surface area contributed by atoms with Crippen molar-refractivity contribution in [2.24, 2.45) is 0 Å². The molecule has 0 N–H and O–H groups in total. The Morgan fingerprint density at radius 1 is 0.455 bits per heavy atom. The SMILES string of the molecule is COCc1c(COC)c(COC)c(OC)c(OC)c1COC. The highest BCUT2D eigenvalue weighted by Gasteiger charge is 2.25. The van der Waals surface area contributed by atoms with Crippen LogP contribution in [0.4, 0.5) is 0 Å². The maximum absolute atomic E-state index is 5.57. The lowest BCUT2D eigenvalue weighted by Crippen LogP contribution is -2.12. The van der Waals surface area contributed by atoms with Gasteiger partial charge in [-0.25, -0.2) is 0 Å². The molecule has 0 radical (unpaired) electrons. The van der Waals surface area contributed by atoms with Crippen molar-refractivity contribution in [3.8, 4) is 11.5 Å². The predicted molar refractivity (Wildman–Crippen MR) is 82.4 cm³/mol. The fourth-order valence-electron chi connectivity index (χ4n) is 2.58. The van der Waals surface area contributed by atoms with Gasteiger partial charge in [-0.05, 0) is 11.1 Å². The molecule has 0 unspecified atom stereocenters. The normalized spacial score (nSPS) is 10.8. The van der Waals surface area contributed by atoms with Crippen LogP contribution in [0.2, 0.25) is 0 Å². The van der Waals surface area contributed by atoms with Crippen LogP contribution >= 0.6 is 0 Å². The first-order valence-corrected chi connectivity index (χ1v) is 6.93. The lowest BCUT2D eigenvalue weighted by atomic mass is 9.94. The molecule has 1 aromatic carbocycles. The molecule has 0 aliphatic heterocycles. The van der Waals surface area contributed by atoms with Crippen molar-refractivity contribution >= 4 is 0 Å². The Labute approximate surface area is 132 Å². The average molecular weight is 314 g/mol. The van der Waals surface area contributed by atoms with Gasteiger partial charge in [0.05, 0.1) is 40.6 Å². The summed E-state index contributed by atoms with van der Waals surface area (Å²) in [6, 6.07) is 0. The van der Waals surface area contributed by atoms with Crippen LogP contribution < -0.4 is 9.47 Å². The summed E-state index contributed by atoms with van der Waals surface area (Å²) < 4.78 is 32.5. The predicted octanol–water partition coefficient (Wildman–Crippen LogP) is 2.29. The summed E-state index contributed by atoms with van der Waals surface area (Å²) in [7, 11) is 9.81. The first-order chi connectivity index (χ1) is 10.7. The first kappa shape index (κ1) is 18.7. The average Bonchev–Trinajstić information content (AvgIpc) is 2.52. The zero-order valence-electron chi connectivity index (χ0n) is 14.3. The fraction of sp³-hybridized carbons (Fsp3) is 0.625. The summed E-state index contributed by atoms with van der Waals surface area (Å²) in [6.07, 6.45) is 0. The molecular weight excluding hydrogens is 288 g/mol. The van der Waals surface area contributed by atoms with Crippen LogP contribution in [0.3, 0.4) is 0 Å². The Morgan fingerprint density at radius 2 is 0.727 bits per heavy atom. The van der Waals surface area contributed by atoms with Gasteiger partial charge >= 0.3 is 0 Å². The third-order valence-electron chi connectivity index (χ3n) is 3.41. The molecular formula is C16H26O6. The van der Waals surface area contributed by atoms with Crippen molar-refractivity contribution in [2.45, 2.75) is 26.4 Å². The number of hydrogen-bond donors (Lipinski definition) is 0. The van der Waals surface area contributed by atoms with Crippen LogP contribution in [0.15, 0.2) is 0 Å². The largest absolute Gasteiger partial charge is 0.492 e. The van der Waals surface area contributed by atoms with Gasteiger partial charge in [-0.3, -0.25) is 0 Å². The Balaban J connectivity index is 3.69. The van der Waals surface area contributed by atoms with E-state index in [2.05, 4.69) is 0 Å². The summed E-state index contributed by atoms with van der Waals surface area (Å²) in [6.45, 7) is 1.63. The minimum absolute atomic E-state index is 0.391. The van der Waals surface area contributed by atoms with Crippen LogP contribution in [0.1, 0.15) is 22.3 Å². The van der Waals surface area contributed by atoms with Gasteiger partial charge in [0.15, 0.2) is 11.5 Å². The lowest BCUT2D eigenvalue weighted by molar-refractivity contribution is 0.148. The maximum atomic E-state index is 5.57. The molecule has 1 aromatic rings. The highest BCUT2D eigenvalue weighted by atomic mass is 16.5. The summed E-state index contributed by atoms with van der Waals surface area (Å²) in [4.78, 5) is 0. The number of hydrogen-bond acceptors (Lipinski definition) is 6. The van der Waals surface area contributed by atoms with Gasteiger partial charge in [0.25, 0.3) is 0 Å². The molecule has 126 valence electrons. The summed E-state index contributed by atoms with van der Waals surface area (Å²) in [5.41, 5.74) is 3.76. The van der Waals surface area contributed by atoms with E-state index in [0.717, 1.165) is 22.3 Å². The number of rotatable bonds is 10. The summed E-state index contributed by atoms with van der Waals surface area (Å²) >= 11 is 0. The van der Waals surface area contributed by atoms with Crippen molar-refractivity contribution in [3.63, 3.8) is 0 Å². The number of benzene rings is 1. The van der Waals surface area contributed by atoms with Crippen LogP contribution in [0, 0.1) is 0 Å². The summed E-state index contributed by atoms with van der Waals surface area (Å²) in [5.74, 6) is 1.28. The fourth-order valence-corrected chi connectivity index (χ4v) is 2.58. The van der Waals surface area contributed by atoms with Crippen molar-refractivity contribution in [1.82, 2.24) is 0 Å². The van der Waals surface area contributed by atoms with Crippen LogP contribution in [0.5, 0.6) is 11.5 Å². The molecule has 22 heavy (non-hydrogen) atoms. The van der Waals surface area contributed by atoms with Crippen molar-refractivity contribution in [3.05, 3.63) is 22.3 Å². The second-order valence-electron chi connectivity index (χ2n) is 4.71. The molecule has 0 aliphatic carbocycles. The van der Waals surface area contributed by atoms with Crippen molar-refractivity contribution in [1.29, 1.82) is 0 Å². The topological polar surface area (TPSA) is 55.4 Å². The van der Waals surface area contributed by atoms with E-state index in [1.54, 1.807) is 42.7 Å². The molecule has 0 amide bonds. The summed E-state index contributed by atoms with van der Waals surface area (Å²) in [5, 5.41) is 0. The second-order valence-corrected chi connectivity index (χ2v) is 4.71. The van der Waals surface area contributed by atoms with Gasteiger partial charge in [-0.15, -0.1) is 0 Å². The van der Waals surface area contributed by atoms with E-state index >= 15 is 0 Å². The molecule has 0 heterocycles. The van der Waals surface area contributed by atoms with E-state index < -0.39 is 0 Å². The Hall–Kier alpha value is -1.34. The standard InChI is InChI=1S/C16H26O6/c1-17-7-11-12(8-18-2)14(10-20-4)16(22-6)15(21-5)13(11)9-19-3/h7-10H2,1-6H3.